The number of likely N-dealkylation sites (N-methyl/N-ethyl adjacent to an activating group) is 1. The first kappa shape index (κ1) is 23.1. The van der Waals surface area contributed by atoms with Gasteiger partial charge >= 0.3 is 0 Å². The van der Waals surface area contributed by atoms with Crippen LogP contribution >= 0.6 is 0 Å². The van der Waals surface area contributed by atoms with E-state index in [9.17, 15) is 0 Å². The number of aliphatic hydroxyl groups excluding tert-OH is 6. The van der Waals surface area contributed by atoms with Gasteiger partial charge in [0.05, 0.1) is 41.0 Å². The molecule has 0 rings (SSSR count). The third-order valence-corrected chi connectivity index (χ3v) is 1.93. The number of rotatable bonds is 6. The Balaban J connectivity index is -0.000000251. The summed E-state index contributed by atoms with van der Waals surface area (Å²) in [6.45, 7) is -0.167. The molecule has 0 amide bonds. The Kier molecular flexibility index (Phi) is 15.5. The molecule has 0 aliphatic rings. The highest BCUT2D eigenvalue weighted by atomic mass is 35.5. The Labute approximate surface area is 114 Å². The zero-order valence-corrected chi connectivity index (χ0v) is 11.8. The molecule has 0 spiro atoms. The van der Waals surface area contributed by atoms with Crippen molar-refractivity contribution in [1.29, 1.82) is 0 Å². The molecule has 6 N–H and O–H groups in total. The molecule has 0 saturated carbocycles. The second-order valence-electron chi connectivity index (χ2n) is 4.73. The van der Waals surface area contributed by atoms with E-state index in [2.05, 4.69) is 21.1 Å². The lowest BCUT2D eigenvalue weighted by Crippen LogP contribution is -3.00. The van der Waals surface area contributed by atoms with Crippen molar-refractivity contribution < 1.29 is 47.5 Å². The van der Waals surface area contributed by atoms with Crippen molar-refractivity contribution in [2.75, 3.05) is 47.5 Å². The smallest absolute Gasteiger partial charge is 0.110 e. The summed E-state index contributed by atoms with van der Waals surface area (Å²) >= 11 is 0. The molecule has 1 unspecified atom stereocenters. The fourth-order valence-electron chi connectivity index (χ4n) is 0.772. The summed E-state index contributed by atoms with van der Waals surface area (Å²) in [7, 11) is 6.16. The van der Waals surface area contributed by atoms with E-state index in [1.165, 1.54) is 0 Å². The van der Waals surface area contributed by atoms with Crippen molar-refractivity contribution >= 4 is 0 Å². The molecule has 114 valence electrons. The molecule has 7 nitrogen and oxygen atoms in total. The Morgan fingerprint density at radius 2 is 1.17 bits per heavy atom. The van der Waals surface area contributed by atoms with E-state index in [0.29, 0.717) is 0 Å². The number of hydrogen-bond acceptors (Lipinski definition) is 6. The third kappa shape index (κ3) is 14.1. The minimum atomic E-state index is -1.49. The van der Waals surface area contributed by atoms with Gasteiger partial charge in [0, 0.05) is 0 Å². The molecule has 8 heteroatoms. The van der Waals surface area contributed by atoms with Crippen LogP contribution in [0.3, 0.4) is 0 Å². The van der Waals surface area contributed by atoms with Gasteiger partial charge in [-0.1, -0.05) is 0 Å². The topological polar surface area (TPSA) is 121 Å². The molecule has 0 aromatic carbocycles. The molecule has 18 heavy (non-hydrogen) atoms. The van der Waals surface area contributed by atoms with Crippen LogP contribution in [0.15, 0.2) is 0 Å². The summed E-state index contributed by atoms with van der Waals surface area (Å²) in [5, 5.41) is 51.0. The maximum atomic E-state index is 8.77. The molecular formula is C10H26ClNO6. The zero-order chi connectivity index (χ0) is 14.1. The summed E-state index contributed by atoms with van der Waals surface area (Å²) in [6.07, 6.45) is -4.29. The lowest BCUT2D eigenvalue weighted by Gasteiger charge is -2.21. The van der Waals surface area contributed by atoms with Gasteiger partial charge < -0.3 is 47.5 Å². The minimum absolute atomic E-state index is 0. The summed E-state index contributed by atoms with van der Waals surface area (Å²) < 4.78 is 0.844. The van der Waals surface area contributed by atoms with Crippen molar-refractivity contribution in [3.63, 3.8) is 0 Å². The van der Waals surface area contributed by atoms with Crippen molar-refractivity contribution in [1.82, 2.24) is 0 Å². The SMILES string of the molecule is C[N+](C)(C)CCO.OC[C@@H](O)C(O)[C@@H](O)CO.[Cl-]. The van der Waals surface area contributed by atoms with Gasteiger partial charge in [-0.25, -0.2) is 0 Å². The lowest BCUT2D eigenvalue weighted by molar-refractivity contribution is -0.870. The Morgan fingerprint density at radius 3 is 1.28 bits per heavy atom. The van der Waals surface area contributed by atoms with E-state index in [-0.39, 0.29) is 19.0 Å². The largest absolute Gasteiger partial charge is 1.00 e. The highest BCUT2D eigenvalue weighted by Crippen LogP contribution is 1.98. The second kappa shape index (κ2) is 12.1. The van der Waals surface area contributed by atoms with E-state index in [1.807, 2.05) is 0 Å². The first-order chi connectivity index (χ1) is 7.69. The van der Waals surface area contributed by atoms with Crippen molar-refractivity contribution in [2.24, 2.45) is 0 Å². The number of halogens is 1. The van der Waals surface area contributed by atoms with Crippen LogP contribution < -0.4 is 12.4 Å². The van der Waals surface area contributed by atoms with Crippen molar-refractivity contribution in [3.05, 3.63) is 0 Å². The lowest BCUT2D eigenvalue weighted by atomic mass is 10.1. The third-order valence-electron chi connectivity index (χ3n) is 1.93. The van der Waals surface area contributed by atoms with E-state index in [0.717, 1.165) is 11.0 Å². The van der Waals surface area contributed by atoms with Gasteiger partial charge in [-0.3, -0.25) is 0 Å². The van der Waals surface area contributed by atoms with Crippen LogP contribution in [0.4, 0.5) is 0 Å². The molecule has 0 fully saturated rings. The Morgan fingerprint density at radius 1 is 0.833 bits per heavy atom. The van der Waals surface area contributed by atoms with E-state index in [1.54, 1.807) is 0 Å². The van der Waals surface area contributed by atoms with Crippen LogP contribution in [0.1, 0.15) is 0 Å². The molecule has 0 aliphatic carbocycles. The normalized spacial score (nSPS) is 15.8. The minimum Gasteiger partial charge on any atom is -1.00 e. The average molecular weight is 292 g/mol. The predicted molar refractivity (Wildman–Crippen MR) is 62.2 cm³/mol. The van der Waals surface area contributed by atoms with E-state index < -0.39 is 31.5 Å². The molecule has 0 radical (unpaired) electrons. The van der Waals surface area contributed by atoms with E-state index >= 15 is 0 Å². The zero-order valence-electron chi connectivity index (χ0n) is 11.1. The van der Waals surface area contributed by atoms with Crippen LogP contribution in [0.5, 0.6) is 0 Å². The van der Waals surface area contributed by atoms with Crippen molar-refractivity contribution in [3.8, 4) is 0 Å². The molecule has 0 saturated heterocycles. The number of nitrogens with zero attached hydrogens (tertiary/aromatic N) is 1. The van der Waals surface area contributed by atoms with Gasteiger partial charge in [-0.05, 0) is 0 Å². The molecule has 0 aromatic heterocycles. The number of hydrogen-bond donors (Lipinski definition) is 6. The Bertz CT molecular complexity index is 168. The van der Waals surface area contributed by atoms with Gasteiger partial charge in [0.15, 0.2) is 0 Å². The van der Waals surface area contributed by atoms with Crippen LogP contribution in [0, 0.1) is 0 Å². The maximum absolute atomic E-state index is 8.77. The average Bonchev–Trinajstić information content (AvgIpc) is 2.25. The molecule has 0 heterocycles. The van der Waals surface area contributed by atoms with Crippen molar-refractivity contribution in [2.45, 2.75) is 18.3 Å². The fourth-order valence-corrected chi connectivity index (χ4v) is 0.772. The molecule has 0 aliphatic heterocycles. The maximum Gasteiger partial charge on any atom is 0.110 e. The number of quaternary nitrogens is 1. The van der Waals surface area contributed by atoms with E-state index in [4.69, 9.17) is 30.6 Å². The van der Waals surface area contributed by atoms with Gasteiger partial charge in [0.25, 0.3) is 0 Å². The molecular weight excluding hydrogens is 266 g/mol. The predicted octanol–water partition coefficient (Wildman–Crippen LogP) is -6.26. The highest BCUT2D eigenvalue weighted by Gasteiger charge is 2.22. The Hall–Kier alpha value is 0.01000. The summed E-state index contributed by atoms with van der Waals surface area (Å²) in [5.74, 6) is 0. The van der Waals surface area contributed by atoms with Crippen LogP contribution in [0.2, 0.25) is 0 Å². The summed E-state index contributed by atoms with van der Waals surface area (Å²) in [6, 6.07) is 0. The van der Waals surface area contributed by atoms with Gasteiger partial charge in [-0.2, -0.15) is 0 Å². The van der Waals surface area contributed by atoms with Crippen LogP contribution in [-0.4, -0.2) is 101 Å². The molecule has 0 aromatic rings. The van der Waals surface area contributed by atoms with Gasteiger partial charge in [0.1, 0.15) is 24.9 Å². The first-order valence-electron chi connectivity index (χ1n) is 5.36. The van der Waals surface area contributed by atoms with Crippen LogP contribution in [0.25, 0.3) is 0 Å². The quantitative estimate of drug-likeness (QED) is 0.271. The standard InChI is InChI=1S/C5H14NO.C5H12O5.ClH/c1-6(2,3)4-5-7;6-1-3(8)5(10)4(9)2-7;/h7H,4-5H2,1-3H3;3-10H,1-2H2;1H/q+1;;/p-1/t;3-,4+,5?;. The second-order valence-corrected chi connectivity index (χ2v) is 4.73. The van der Waals surface area contributed by atoms with Gasteiger partial charge in [0.2, 0.25) is 0 Å². The monoisotopic (exact) mass is 291 g/mol. The summed E-state index contributed by atoms with van der Waals surface area (Å²) in [5.41, 5.74) is 0. The fraction of sp³-hybridized carbons (Fsp3) is 1.00. The first-order valence-corrected chi connectivity index (χ1v) is 5.36. The molecule has 3 atom stereocenters. The van der Waals surface area contributed by atoms with Gasteiger partial charge in [-0.15, -0.1) is 0 Å². The molecule has 0 bridgehead atoms. The van der Waals surface area contributed by atoms with Crippen LogP contribution in [-0.2, 0) is 0 Å². The number of aliphatic hydroxyl groups is 6. The highest BCUT2D eigenvalue weighted by molar-refractivity contribution is 4.73. The summed E-state index contributed by atoms with van der Waals surface area (Å²) in [4.78, 5) is 0.